The summed E-state index contributed by atoms with van der Waals surface area (Å²) < 4.78 is 5.36. The van der Waals surface area contributed by atoms with Crippen LogP contribution in [0.5, 0.6) is 5.75 Å². The lowest BCUT2D eigenvalue weighted by Crippen LogP contribution is -2.36. The zero-order chi connectivity index (χ0) is 14.1. The van der Waals surface area contributed by atoms with E-state index in [1.54, 1.807) is 7.11 Å². The molecule has 1 aromatic carbocycles. The van der Waals surface area contributed by atoms with Gasteiger partial charge in [-0.25, -0.2) is 0 Å². The third-order valence-electron chi connectivity index (χ3n) is 3.21. The quantitative estimate of drug-likeness (QED) is 0.716. The Morgan fingerprint density at radius 2 is 2.11 bits per heavy atom. The molecule has 4 nitrogen and oxygen atoms in total. The first-order valence-corrected chi connectivity index (χ1v) is 6.91. The molecule has 1 rings (SSSR count). The molecule has 0 aliphatic carbocycles. The number of ether oxygens (including phenoxy) is 1. The number of methoxy groups -OCH3 is 1. The number of hydrogen-bond acceptors (Lipinski definition) is 4. The second-order valence-electron chi connectivity index (χ2n) is 4.72. The van der Waals surface area contributed by atoms with Crippen LogP contribution in [0.1, 0.15) is 19.8 Å². The van der Waals surface area contributed by atoms with Crippen LogP contribution in [0.4, 0.5) is 5.69 Å². The van der Waals surface area contributed by atoms with Gasteiger partial charge in [0.05, 0.1) is 19.4 Å². The highest BCUT2D eigenvalue weighted by Gasteiger charge is 2.10. The molecule has 0 saturated heterocycles. The van der Waals surface area contributed by atoms with Crippen molar-refractivity contribution in [3.05, 3.63) is 24.3 Å². The Labute approximate surface area is 116 Å². The largest absolute Gasteiger partial charge is 0.495 e. The van der Waals surface area contributed by atoms with Gasteiger partial charge in [-0.1, -0.05) is 19.1 Å². The van der Waals surface area contributed by atoms with Gasteiger partial charge in [-0.3, -0.25) is 0 Å². The SMILES string of the molecule is CCCNC(CO)CCN(C)c1ccccc1OC. The van der Waals surface area contributed by atoms with E-state index in [1.807, 2.05) is 31.3 Å². The van der Waals surface area contributed by atoms with Crippen molar-refractivity contribution in [3.8, 4) is 5.75 Å². The average Bonchev–Trinajstić information content (AvgIpc) is 2.47. The molecule has 1 atom stereocenters. The van der Waals surface area contributed by atoms with Crippen molar-refractivity contribution in [2.45, 2.75) is 25.8 Å². The third-order valence-corrected chi connectivity index (χ3v) is 3.21. The number of hydrogen-bond donors (Lipinski definition) is 2. The summed E-state index contributed by atoms with van der Waals surface area (Å²) in [7, 11) is 3.73. The van der Waals surface area contributed by atoms with Crippen molar-refractivity contribution >= 4 is 5.69 Å². The van der Waals surface area contributed by atoms with Crippen LogP contribution in [0, 0.1) is 0 Å². The molecule has 1 aromatic rings. The van der Waals surface area contributed by atoms with E-state index in [0.29, 0.717) is 0 Å². The van der Waals surface area contributed by atoms with Crippen LogP contribution in [-0.2, 0) is 0 Å². The first kappa shape index (κ1) is 15.8. The smallest absolute Gasteiger partial charge is 0.142 e. The van der Waals surface area contributed by atoms with Crippen LogP contribution in [0.2, 0.25) is 0 Å². The molecule has 0 bridgehead atoms. The third kappa shape index (κ3) is 5.09. The molecule has 0 aromatic heterocycles. The van der Waals surface area contributed by atoms with Crippen LogP contribution in [-0.4, -0.2) is 45.0 Å². The fraction of sp³-hybridized carbons (Fsp3) is 0.600. The lowest BCUT2D eigenvalue weighted by Gasteiger charge is -2.24. The highest BCUT2D eigenvalue weighted by atomic mass is 16.5. The molecule has 0 fully saturated rings. The van der Waals surface area contributed by atoms with Gasteiger partial charge >= 0.3 is 0 Å². The van der Waals surface area contributed by atoms with Gasteiger partial charge < -0.3 is 20.1 Å². The number of nitrogens with zero attached hydrogens (tertiary/aromatic N) is 1. The van der Waals surface area contributed by atoms with Crippen LogP contribution < -0.4 is 15.0 Å². The van der Waals surface area contributed by atoms with Crippen LogP contribution in [0.15, 0.2) is 24.3 Å². The van der Waals surface area contributed by atoms with E-state index in [2.05, 4.69) is 17.1 Å². The Morgan fingerprint density at radius 1 is 1.37 bits per heavy atom. The van der Waals surface area contributed by atoms with Gasteiger partial charge in [-0.15, -0.1) is 0 Å². The van der Waals surface area contributed by atoms with Crippen LogP contribution >= 0.6 is 0 Å². The maximum Gasteiger partial charge on any atom is 0.142 e. The molecule has 0 aliphatic heterocycles. The average molecular weight is 266 g/mol. The van der Waals surface area contributed by atoms with Crippen molar-refractivity contribution in [2.24, 2.45) is 0 Å². The molecule has 2 N–H and O–H groups in total. The number of anilines is 1. The fourth-order valence-corrected chi connectivity index (χ4v) is 2.02. The highest BCUT2D eigenvalue weighted by molar-refractivity contribution is 5.57. The highest BCUT2D eigenvalue weighted by Crippen LogP contribution is 2.26. The lowest BCUT2D eigenvalue weighted by molar-refractivity contribution is 0.237. The Hall–Kier alpha value is -1.26. The van der Waals surface area contributed by atoms with Gasteiger partial charge in [0, 0.05) is 19.6 Å². The summed E-state index contributed by atoms with van der Waals surface area (Å²) in [4.78, 5) is 2.16. The van der Waals surface area contributed by atoms with E-state index in [-0.39, 0.29) is 12.6 Å². The zero-order valence-corrected chi connectivity index (χ0v) is 12.2. The lowest BCUT2D eigenvalue weighted by atomic mass is 10.2. The first-order valence-electron chi connectivity index (χ1n) is 6.91. The van der Waals surface area contributed by atoms with E-state index in [9.17, 15) is 5.11 Å². The Kier molecular flexibility index (Phi) is 7.30. The van der Waals surface area contributed by atoms with E-state index in [1.165, 1.54) is 0 Å². The standard InChI is InChI=1S/C15H26N2O2/c1-4-10-16-13(12-18)9-11-17(2)14-7-5-6-8-15(14)19-3/h5-8,13,16,18H,4,9-12H2,1-3H3. The normalized spacial score (nSPS) is 12.2. The summed E-state index contributed by atoms with van der Waals surface area (Å²) in [5, 5.41) is 12.7. The molecule has 108 valence electrons. The van der Waals surface area contributed by atoms with Crippen molar-refractivity contribution in [1.82, 2.24) is 5.32 Å². The van der Waals surface area contributed by atoms with Gasteiger partial charge in [0.15, 0.2) is 0 Å². The van der Waals surface area contributed by atoms with Gasteiger partial charge in [-0.05, 0) is 31.5 Å². The number of aliphatic hydroxyl groups is 1. The Bertz CT molecular complexity index is 358. The van der Waals surface area contributed by atoms with E-state index in [4.69, 9.17) is 4.74 Å². The number of para-hydroxylation sites is 2. The van der Waals surface area contributed by atoms with E-state index in [0.717, 1.165) is 37.4 Å². The number of rotatable bonds is 9. The molecule has 0 amide bonds. The summed E-state index contributed by atoms with van der Waals surface area (Å²) in [6, 6.07) is 8.15. The Morgan fingerprint density at radius 3 is 2.74 bits per heavy atom. The molecule has 1 unspecified atom stereocenters. The summed E-state index contributed by atoms with van der Waals surface area (Å²) in [6.45, 7) is 4.13. The maximum absolute atomic E-state index is 9.33. The van der Waals surface area contributed by atoms with Crippen molar-refractivity contribution in [3.63, 3.8) is 0 Å². The van der Waals surface area contributed by atoms with Crippen LogP contribution in [0.3, 0.4) is 0 Å². The minimum absolute atomic E-state index is 0.164. The van der Waals surface area contributed by atoms with E-state index >= 15 is 0 Å². The Balaban J connectivity index is 2.51. The van der Waals surface area contributed by atoms with Crippen LogP contribution in [0.25, 0.3) is 0 Å². The monoisotopic (exact) mass is 266 g/mol. The summed E-state index contributed by atoms with van der Waals surface area (Å²) in [6.07, 6.45) is 1.99. The summed E-state index contributed by atoms with van der Waals surface area (Å²) in [5.74, 6) is 0.882. The van der Waals surface area contributed by atoms with Gasteiger partial charge in [-0.2, -0.15) is 0 Å². The van der Waals surface area contributed by atoms with Crippen molar-refractivity contribution in [2.75, 3.05) is 38.8 Å². The van der Waals surface area contributed by atoms with Gasteiger partial charge in [0.1, 0.15) is 5.75 Å². The van der Waals surface area contributed by atoms with Gasteiger partial charge in [0.2, 0.25) is 0 Å². The molecule has 4 heteroatoms. The van der Waals surface area contributed by atoms with E-state index < -0.39 is 0 Å². The molecule has 0 heterocycles. The van der Waals surface area contributed by atoms with Crippen molar-refractivity contribution in [1.29, 1.82) is 0 Å². The zero-order valence-electron chi connectivity index (χ0n) is 12.2. The minimum Gasteiger partial charge on any atom is -0.495 e. The number of aliphatic hydroxyl groups excluding tert-OH is 1. The predicted molar refractivity (Wildman–Crippen MR) is 80.0 cm³/mol. The molecular formula is C15H26N2O2. The van der Waals surface area contributed by atoms with Crippen molar-refractivity contribution < 1.29 is 9.84 Å². The predicted octanol–water partition coefficient (Wildman–Crippen LogP) is 1.88. The summed E-state index contributed by atoms with van der Waals surface area (Å²) in [5.41, 5.74) is 1.08. The minimum atomic E-state index is 0.164. The molecule has 0 saturated carbocycles. The molecule has 19 heavy (non-hydrogen) atoms. The summed E-state index contributed by atoms with van der Waals surface area (Å²) >= 11 is 0. The maximum atomic E-state index is 9.33. The molecule has 0 aliphatic rings. The second-order valence-corrected chi connectivity index (χ2v) is 4.72. The topological polar surface area (TPSA) is 44.7 Å². The molecular weight excluding hydrogens is 240 g/mol. The molecule has 0 spiro atoms. The fourth-order valence-electron chi connectivity index (χ4n) is 2.02. The first-order chi connectivity index (χ1) is 9.22. The second kappa shape index (κ2) is 8.77. The molecule has 0 radical (unpaired) electrons. The van der Waals surface area contributed by atoms with Gasteiger partial charge in [0.25, 0.3) is 0 Å². The number of benzene rings is 1. The number of nitrogens with one attached hydrogen (secondary N) is 1.